The Morgan fingerprint density at radius 1 is 1.47 bits per heavy atom. The summed E-state index contributed by atoms with van der Waals surface area (Å²) >= 11 is 0. The molecule has 0 fully saturated rings. The summed E-state index contributed by atoms with van der Waals surface area (Å²) in [6.45, 7) is 13.9. The number of nitrogens with one attached hydrogen (secondary N) is 1. The summed E-state index contributed by atoms with van der Waals surface area (Å²) in [5.41, 5.74) is 3.66. The van der Waals surface area contributed by atoms with Crippen molar-refractivity contribution in [1.82, 2.24) is 15.1 Å². The summed E-state index contributed by atoms with van der Waals surface area (Å²) in [6.07, 6.45) is 1.87. The predicted molar refractivity (Wildman–Crippen MR) is 63.9 cm³/mol. The van der Waals surface area contributed by atoms with E-state index in [1.807, 2.05) is 10.8 Å². The van der Waals surface area contributed by atoms with E-state index in [2.05, 4.69) is 44.7 Å². The van der Waals surface area contributed by atoms with Gasteiger partial charge in [0.25, 0.3) is 0 Å². The van der Waals surface area contributed by atoms with Crippen molar-refractivity contribution in [3.05, 3.63) is 29.6 Å². The van der Waals surface area contributed by atoms with Gasteiger partial charge in [-0.3, -0.25) is 4.68 Å². The largest absolute Gasteiger partial charge is 0.310 e. The van der Waals surface area contributed by atoms with E-state index < -0.39 is 0 Å². The third-order valence-electron chi connectivity index (χ3n) is 2.52. The van der Waals surface area contributed by atoms with Crippen molar-refractivity contribution < 1.29 is 0 Å². The van der Waals surface area contributed by atoms with Gasteiger partial charge in [0.2, 0.25) is 0 Å². The van der Waals surface area contributed by atoms with Crippen LogP contribution in [0.5, 0.6) is 0 Å². The van der Waals surface area contributed by atoms with Gasteiger partial charge in [-0.25, -0.2) is 0 Å². The second-order valence-corrected chi connectivity index (χ2v) is 4.16. The quantitative estimate of drug-likeness (QED) is 0.750. The highest BCUT2D eigenvalue weighted by Gasteiger charge is 2.10. The van der Waals surface area contributed by atoms with Crippen molar-refractivity contribution in [2.75, 3.05) is 0 Å². The highest BCUT2D eigenvalue weighted by atomic mass is 15.3. The van der Waals surface area contributed by atoms with E-state index in [0.717, 1.165) is 18.8 Å². The smallest absolute Gasteiger partial charge is 0.0641 e. The molecule has 1 aromatic heterocycles. The van der Waals surface area contributed by atoms with Gasteiger partial charge in [0.15, 0.2) is 0 Å². The summed E-state index contributed by atoms with van der Waals surface area (Å²) in [6, 6.07) is 0.506. The third kappa shape index (κ3) is 2.93. The summed E-state index contributed by atoms with van der Waals surface area (Å²) in [5.74, 6) is 0. The Kier molecular flexibility index (Phi) is 4.09. The molecule has 1 aromatic rings. The lowest BCUT2D eigenvalue weighted by Gasteiger charge is -2.08. The lowest BCUT2D eigenvalue weighted by Crippen LogP contribution is -2.22. The molecular formula is C12H21N3. The van der Waals surface area contributed by atoms with E-state index in [1.165, 1.54) is 11.3 Å². The fourth-order valence-electron chi connectivity index (χ4n) is 1.60. The van der Waals surface area contributed by atoms with Gasteiger partial charge in [-0.2, -0.15) is 5.10 Å². The van der Waals surface area contributed by atoms with Crippen LogP contribution in [0.3, 0.4) is 0 Å². The average Bonchev–Trinajstić information content (AvgIpc) is 2.40. The molecule has 0 spiro atoms. The van der Waals surface area contributed by atoms with Gasteiger partial charge < -0.3 is 5.32 Å². The average molecular weight is 207 g/mol. The van der Waals surface area contributed by atoms with Gasteiger partial charge in [-0.1, -0.05) is 19.9 Å². The molecule has 84 valence electrons. The maximum absolute atomic E-state index is 4.48. The lowest BCUT2D eigenvalue weighted by molar-refractivity contribution is 0.585. The van der Waals surface area contributed by atoms with Crippen LogP contribution in [0, 0.1) is 13.8 Å². The van der Waals surface area contributed by atoms with Crippen LogP contribution in [0.1, 0.15) is 30.8 Å². The monoisotopic (exact) mass is 207 g/mol. The van der Waals surface area contributed by atoms with Gasteiger partial charge in [0.05, 0.1) is 12.2 Å². The molecule has 0 unspecified atom stereocenters. The van der Waals surface area contributed by atoms with E-state index >= 15 is 0 Å². The van der Waals surface area contributed by atoms with Crippen LogP contribution in [-0.2, 0) is 13.1 Å². The van der Waals surface area contributed by atoms with Crippen molar-refractivity contribution in [2.24, 2.45) is 0 Å². The molecule has 0 atom stereocenters. The summed E-state index contributed by atoms with van der Waals surface area (Å²) in [5, 5.41) is 7.90. The fourth-order valence-corrected chi connectivity index (χ4v) is 1.60. The molecule has 1 N–H and O–H groups in total. The van der Waals surface area contributed by atoms with Crippen molar-refractivity contribution in [1.29, 1.82) is 0 Å². The van der Waals surface area contributed by atoms with Gasteiger partial charge in [0, 0.05) is 23.8 Å². The number of nitrogens with zero attached hydrogens (tertiary/aromatic N) is 2. The first kappa shape index (κ1) is 12.0. The van der Waals surface area contributed by atoms with E-state index in [1.54, 1.807) is 0 Å². The summed E-state index contributed by atoms with van der Waals surface area (Å²) in [4.78, 5) is 0. The van der Waals surface area contributed by atoms with E-state index in [4.69, 9.17) is 0 Å². The number of aromatic nitrogens is 2. The summed E-state index contributed by atoms with van der Waals surface area (Å²) < 4.78 is 2.00. The van der Waals surface area contributed by atoms with Crippen LogP contribution in [-0.4, -0.2) is 15.8 Å². The molecule has 0 aliphatic rings. The molecule has 0 aromatic carbocycles. The topological polar surface area (TPSA) is 29.9 Å². The van der Waals surface area contributed by atoms with Crippen molar-refractivity contribution in [2.45, 2.75) is 46.8 Å². The first-order valence-electron chi connectivity index (χ1n) is 5.43. The molecule has 0 amide bonds. The highest BCUT2D eigenvalue weighted by Crippen LogP contribution is 2.12. The minimum atomic E-state index is 0.506. The van der Waals surface area contributed by atoms with Crippen molar-refractivity contribution in [3.63, 3.8) is 0 Å². The van der Waals surface area contributed by atoms with E-state index in [-0.39, 0.29) is 0 Å². The Hall–Kier alpha value is -1.09. The SMILES string of the molecule is C=CCn1nc(C)c(CNC(C)C)c1C. The predicted octanol–water partition coefficient (Wildman–Crippen LogP) is 2.18. The van der Waals surface area contributed by atoms with Gasteiger partial charge in [-0.15, -0.1) is 6.58 Å². The molecule has 0 radical (unpaired) electrons. The zero-order chi connectivity index (χ0) is 11.4. The zero-order valence-corrected chi connectivity index (χ0v) is 10.2. The van der Waals surface area contributed by atoms with Crippen LogP contribution >= 0.6 is 0 Å². The second kappa shape index (κ2) is 5.12. The molecule has 3 nitrogen and oxygen atoms in total. The molecular weight excluding hydrogens is 186 g/mol. The minimum Gasteiger partial charge on any atom is -0.310 e. The molecule has 1 rings (SSSR count). The third-order valence-corrected chi connectivity index (χ3v) is 2.52. The number of rotatable bonds is 5. The fraction of sp³-hybridized carbons (Fsp3) is 0.583. The number of hydrogen-bond acceptors (Lipinski definition) is 2. The summed E-state index contributed by atoms with van der Waals surface area (Å²) in [7, 11) is 0. The first-order valence-corrected chi connectivity index (χ1v) is 5.43. The molecule has 0 aliphatic carbocycles. The van der Waals surface area contributed by atoms with Crippen LogP contribution in [0.4, 0.5) is 0 Å². The van der Waals surface area contributed by atoms with Crippen LogP contribution in [0.25, 0.3) is 0 Å². The van der Waals surface area contributed by atoms with E-state index in [9.17, 15) is 0 Å². The Morgan fingerprint density at radius 2 is 2.13 bits per heavy atom. The molecule has 0 saturated carbocycles. The molecule has 0 saturated heterocycles. The Labute approximate surface area is 92.2 Å². The lowest BCUT2D eigenvalue weighted by atomic mass is 10.2. The Morgan fingerprint density at radius 3 is 2.67 bits per heavy atom. The van der Waals surface area contributed by atoms with Crippen molar-refractivity contribution in [3.8, 4) is 0 Å². The standard InChI is InChI=1S/C12H21N3/c1-6-7-15-11(5)12(10(4)14-15)8-13-9(2)3/h6,9,13H,1,7-8H2,2-5H3. The van der Waals surface area contributed by atoms with Crippen molar-refractivity contribution >= 4 is 0 Å². The number of allylic oxidation sites excluding steroid dienone is 1. The molecule has 3 heteroatoms. The highest BCUT2D eigenvalue weighted by molar-refractivity contribution is 5.24. The molecule has 1 heterocycles. The molecule has 0 aliphatic heterocycles. The maximum atomic E-state index is 4.48. The number of aryl methyl sites for hydroxylation is 1. The zero-order valence-electron chi connectivity index (χ0n) is 10.2. The van der Waals surface area contributed by atoms with Crippen LogP contribution < -0.4 is 5.32 Å². The van der Waals surface area contributed by atoms with Gasteiger partial charge in [-0.05, 0) is 13.8 Å². The normalized spacial score (nSPS) is 11.0. The maximum Gasteiger partial charge on any atom is 0.0641 e. The molecule has 0 bridgehead atoms. The van der Waals surface area contributed by atoms with Crippen LogP contribution in [0.2, 0.25) is 0 Å². The Balaban J connectivity index is 2.82. The number of hydrogen-bond donors (Lipinski definition) is 1. The molecule has 15 heavy (non-hydrogen) atoms. The van der Waals surface area contributed by atoms with E-state index in [0.29, 0.717) is 6.04 Å². The van der Waals surface area contributed by atoms with Crippen LogP contribution in [0.15, 0.2) is 12.7 Å². The first-order chi connectivity index (χ1) is 7.06. The minimum absolute atomic E-state index is 0.506. The second-order valence-electron chi connectivity index (χ2n) is 4.16. The van der Waals surface area contributed by atoms with Gasteiger partial charge >= 0.3 is 0 Å². The Bertz CT molecular complexity index is 337. The van der Waals surface area contributed by atoms with Gasteiger partial charge in [0.1, 0.15) is 0 Å².